The van der Waals surface area contributed by atoms with Gasteiger partial charge in [0.1, 0.15) is 0 Å². The Kier molecular flexibility index (Phi) is 3.30. The van der Waals surface area contributed by atoms with Crippen LogP contribution in [-0.4, -0.2) is 42.8 Å². The van der Waals surface area contributed by atoms with Crippen LogP contribution in [0.15, 0.2) is 0 Å². The normalized spacial score (nSPS) is 36.0. The Morgan fingerprint density at radius 3 is 2.69 bits per heavy atom. The SMILES string of the molecule is COC1(C)CCCN(C(C)(CN)C2CC2)C1. The molecule has 0 aromatic rings. The Bertz CT molecular complexity index is 254. The molecule has 1 saturated heterocycles. The highest BCUT2D eigenvalue weighted by atomic mass is 16.5. The van der Waals surface area contributed by atoms with Gasteiger partial charge < -0.3 is 10.5 Å². The van der Waals surface area contributed by atoms with Gasteiger partial charge >= 0.3 is 0 Å². The second-order valence-corrected chi connectivity index (χ2v) is 6.01. The lowest BCUT2D eigenvalue weighted by molar-refractivity contribution is -0.0809. The summed E-state index contributed by atoms with van der Waals surface area (Å²) >= 11 is 0. The van der Waals surface area contributed by atoms with Crippen molar-refractivity contribution in [3.63, 3.8) is 0 Å². The smallest absolute Gasteiger partial charge is 0.0777 e. The molecule has 1 aliphatic carbocycles. The highest BCUT2D eigenvalue weighted by Gasteiger charge is 2.47. The van der Waals surface area contributed by atoms with Crippen LogP contribution in [0.25, 0.3) is 0 Å². The topological polar surface area (TPSA) is 38.5 Å². The van der Waals surface area contributed by atoms with Gasteiger partial charge in [-0.3, -0.25) is 4.90 Å². The lowest BCUT2D eigenvalue weighted by Crippen LogP contribution is -2.60. The van der Waals surface area contributed by atoms with E-state index in [-0.39, 0.29) is 11.1 Å². The van der Waals surface area contributed by atoms with E-state index in [1.807, 2.05) is 7.11 Å². The molecule has 1 saturated carbocycles. The molecule has 3 heteroatoms. The maximum Gasteiger partial charge on any atom is 0.0777 e. The molecule has 0 spiro atoms. The summed E-state index contributed by atoms with van der Waals surface area (Å²) < 4.78 is 5.67. The lowest BCUT2D eigenvalue weighted by atomic mass is 9.86. The number of likely N-dealkylation sites (tertiary alicyclic amines) is 1. The Balaban J connectivity index is 2.07. The van der Waals surface area contributed by atoms with Gasteiger partial charge in [0.2, 0.25) is 0 Å². The second-order valence-electron chi connectivity index (χ2n) is 6.01. The average Bonchev–Trinajstić information content (AvgIpc) is 3.12. The van der Waals surface area contributed by atoms with Crippen LogP contribution < -0.4 is 5.73 Å². The fourth-order valence-electron chi connectivity index (χ4n) is 3.07. The number of rotatable bonds is 4. The van der Waals surface area contributed by atoms with Crippen molar-refractivity contribution >= 4 is 0 Å². The van der Waals surface area contributed by atoms with Crippen LogP contribution in [0.5, 0.6) is 0 Å². The number of hydrogen-bond donors (Lipinski definition) is 1. The van der Waals surface area contributed by atoms with Crippen molar-refractivity contribution in [2.24, 2.45) is 11.7 Å². The molecule has 3 nitrogen and oxygen atoms in total. The van der Waals surface area contributed by atoms with Crippen LogP contribution in [0.1, 0.15) is 39.5 Å². The standard InChI is InChI=1S/C13H26N2O/c1-12(16-3)7-4-8-15(10-12)13(2,9-14)11-5-6-11/h11H,4-10,14H2,1-3H3. The number of piperidine rings is 1. The van der Waals surface area contributed by atoms with Gasteiger partial charge in [-0.25, -0.2) is 0 Å². The molecular weight excluding hydrogens is 200 g/mol. The van der Waals surface area contributed by atoms with Crippen molar-refractivity contribution in [3.8, 4) is 0 Å². The van der Waals surface area contributed by atoms with Gasteiger partial charge in [-0.05, 0) is 52.0 Å². The van der Waals surface area contributed by atoms with Crippen molar-refractivity contribution in [1.82, 2.24) is 4.90 Å². The third kappa shape index (κ3) is 2.13. The molecule has 2 N–H and O–H groups in total. The number of methoxy groups -OCH3 is 1. The molecule has 2 atom stereocenters. The summed E-state index contributed by atoms with van der Waals surface area (Å²) in [7, 11) is 1.83. The summed E-state index contributed by atoms with van der Waals surface area (Å²) in [5.41, 5.74) is 6.27. The number of nitrogens with two attached hydrogens (primary N) is 1. The van der Waals surface area contributed by atoms with E-state index in [0.29, 0.717) is 0 Å². The largest absolute Gasteiger partial charge is 0.377 e. The fraction of sp³-hybridized carbons (Fsp3) is 1.00. The van der Waals surface area contributed by atoms with E-state index in [1.165, 1.54) is 32.2 Å². The van der Waals surface area contributed by atoms with E-state index in [4.69, 9.17) is 10.5 Å². The monoisotopic (exact) mass is 226 g/mol. The van der Waals surface area contributed by atoms with Gasteiger partial charge in [0, 0.05) is 25.7 Å². The number of nitrogens with zero attached hydrogens (tertiary/aromatic N) is 1. The second kappa shape index (κ2) is 4.28. The van der Waals surface area contributed by atoms with Crippen LogP contribution in [0.4, 0.5) is 0 Å². The van der Waals surface area contributed by atoms with Crippen LogP contribution in [0.2, 0.25) is 0 Å². The molecule has 0 aromatic carbocycles. The molecule has 1 aliphatic heterocycles. The zero-order valence-electron chi connectivity index (χ0n) is 11.0. The minimum absolute atomic E-state index is 0.0313. The van der Waals surface area contributed by atoms with Crippen molar-refractivity contribution in [1.29, 1.82) is 0 Å². The predicted octanol–water partition coefficient (Wildman–Crippen LogP) is 1.61. The summed E-state index contributed by atoms with van der Waals surface area (Å²) in [6, 6.07) is 0. The highest BCUT2D eigenvalue weighted by Crippen LogP contribution is 2.44. The summed E-state index contributed by atoms with van der Waals surface area (Å²) in [6.07, 6.45) is 5.11. The van der Waals surface area contributed by atoms with Crippen molar-refractivity contribution in [3.05, 3.63) is 0 Å². The minimum Gasteiger partial charge on any atom is -0.377 e. The molecule has 2 fully saturated rings. The maximum atomic E-state index is 6.03. The Labute approximate surface area is 99.3 Å². The predicted molar refractivity (Wildman–Crippen MR) is 66.4 cm³/mol. The van der Waals surface area contributed by atoms with E-state index in [1.54, 1.807) is 0 Å². The molecule has 94 valence electrons. The van der Waals surface area contributed by atoms with Crippen LogP contribution >= 0.6 is 0 Å². The average molecular weight is 226 g/mol. The van der Waals surface area contributed by atoms with Crippen LogP contribution in [-0.2, 0) is 4.74 Å². The molecule has 0 amide bonds. The summed E-state index contributed by atoms with van der Waals surface area (Å²) in [4.78, 5) is 2.58. The molecular formula is C13H26N2O. The first kappa shape index (κ1) is 12.3. The fourth-order valence-corrected chi connectivity index (χ4v) is 3.07. The minimum atomic E-state index is 0.0313. The molecule has 2 unspecified atom stereocenters. The van der Waals surface area contributed by atoms with Gasteiger partial charge in [-0.2, -0.15) is 0 Å². The molecule has 0 radical (unpaired) electrons. The molecule has 1 heterocycles. The van der Waals surface area contributed by atoms with Gasteiger partial charge in [0.05, 0.1) is 5.60 Å². The van der Waals surface area contributed by atoms with Gasteiger partial charge in [0.15, 0.2) is 0 Å². The van der Waals surface area contributed by atoms with Crippen molar-refractivity contribution in [2.75, 3.05) is 26.7 Å². The molecule has 2 rings (SSSR count). The zero-order valence-corrected chi connectivity index (χ0v) is 11.0. The first-order valence-electron chi connectivity index (χ1n) is 6.54. The van der Waals surface area contributed by atoms with E-state index >= 15 is 0 Å². The Morgan fingerprint density at radius 1 is 1.50 bits per heavy atom. The van der Waals surface area contributed by atoms with Gasteiger partial charge in [-0.1, -0.05) is 0 Å². The van der Waals surface area contributed by atoms with E-state index in [2.05, 4.69) is 18.7 Å². The van der Waals surface area contributed by atoms with Gasteiger partial charge in [0.25, 0.3) is 0 Å². The van der Waals surface area contributed by atoms with E-state index in [0.717, 1.165) is 19.0 Å². The Morgan fingerprint density at radius 2 is 2.19 bits per heavy atom. The maximum absolute atomic E-state index is 6.03. The molecule has 2 aliphatic rings. The third-order valence-electron chi connectivity index (χ3n) is 4.74. The summed E-state index contributed by atoms with van der Waals surface area (Å²) in [5, 5.41) is 0. The quantitative estimate of drug-likeness (QED) is 0.791. The van der Waals surface area contributed by atoms with Crippen LogP contribution in [0.3, 0.4) is 0 Å². The summed E-state index contributed by atoms with van der Waals surface area (Å²) in [5.74, 6) is 0.816. The van der Waals surface area contributed by atoms with E-state index < -0.39 is 0 Å². The van der Waals surface area contributed by atoms with Crippen molar-refractivity contribution in [2.45, 2.75) is 50.7 Å². The Hall–Kier alpha value is -0.120. The number of hydrogen-bond acceptors (Lipinski definition) is 3. The first-order valence-corrected chi connectivity index (χ1v) is 6.54. The zero-order chi connectivity index (χ0) is 11.8. The molecule has 16 heavy (non-hydrogen) atoms. The first-order chi connectivity index (χ1) is 7.54. The molecule has 0 bridgehead atoms. The number of ether oxygens (including phenoxy) is 1. The third-order valence-corrected chi connectivity index (χ3v) is 4.74. The van der Waals surface area contributed by atoms with Crippen LogP contribution in [0, 0.1) is 5.92 Å². The highest BCUT2D eigenvalue weighted by molar-refractivity contribution is 5.03. The van der Waals surface area contributed by atoms with Gasteiger partial charge in [-0.15, -0.1) is 0 Å². The lowest BCUT2D eigenvalue weighted by Gasteiger charge is -2.48. The molecule has 0 aromatic heterocycles. The summed E-state index contributed by atoms with van der Waals surface area (Å²) in [6.45, 7) is 7.56. The van der Waals surface area contributed by atoms with Crippen molar-refractivity contribution < 1.29 is 4.74 Å². The van der Waals surface area contributed by atoms with E-state index in [9.17, 15) is 0 Å².